The molecule has 2 heterocycles. The lowest BCUT2D eigenvalue weighted by molar-refractivity contribution is -0.133. The number of rotatable bonds is 7. The van der Waals surface area contributed by atoms with Crippen molar-refractivity contribution in [2.75, 3.05) is 44.7 Å². The number of halogens is 2. The number of piperazine rings is 1. The number of carbonyl (C=O) groups excluding carboxylic acids is 1. The van der Waals surface area contributed by atoms with Gasteiger partial charge in [0.15, 0.2) is 0 Å². The topological polar surface area (TPSA) is 90.8 Å². The van der Waals surface area contributed by atoms with E-state index in [2.05, 4.69) is 27.1 Å². The predicted molar refractivity (Wildman–Crippen MR) is 144 cm³/mol. The standard InChI is InChI=1S/C28H37ClFN5O3/c1-17-13-24(36)26-25(17)27(33-16-32-26)34-9-11-35(12-10-34)28(37)21(18-3-8-22(29)23(30)14-18)15-31-19-4-6-20(38-2)7-5-19/h3,8,14,16-17,19-21,24,31,36H,4-7,9-13,15H2,1-2H3/t17?,19-,20-,21-,24-/m1/s1. The van der Waals surface area contributed by atoms with Crippen molar-refractivity contribution in [3.63, 3.8) is 0 Å². The third-order valence-corrected chi connectivity index (χ3v) is 8.74. The van der Waals surface area contributed by atoms with Gasteiger partial charge in [0.05, 0.1) is 28.8 Å². The lowest BCUT2D eigenvalue weighted by Crippen LogP contribution is -2.51. The molecular weight excluding hydrogens is 509 g/mol. The highest BCUT2D eigenvalue weighted by Crippen LogP contribution is 2.42. The van der Waals surface area contributed by atoms with Crippen LogP contribution in [0.2, 0.25) is 5.02 Å². The SMILES string of the molecule is CO[C@H]1CC[C@H](NC[C@@H](C(=O)N2CCN(c3ncnc4c3C(C)C[C@H]4O)CC2)c2ccc(Cl)c(F)c2)CC1. The van der Waals surface area contributed by atoms with E-state index in [9.17, 15) is 14.3 Å². The van der Waals surface area contributed by atoms with Crippen molar-refractivity contribution in [3.05, 3.63) is 52.2 Å². The number of anilines is 1. The minimum atomic E-state index is -0.554. The number of aromatic nitrogens is 2. The van der Waals surface area contributed by atoms with E-state index in [4.69, 9.17) is 16.3 Å². The van der Waals surface area contributed by atoms with Crippen LogP contribution < -0.4 is 10.2 Å². The van der Waals surface area contributed by atoms with Crippen LogP contribution in [-0.2, 0) is 9.53 Å². The first kappa shape index (κ1) is 27.2. The number of ether oxygens (including phenoxy) is 1. The second-order valence-corrected chi connectivity index (χ2v) is 11.2. The van der Waals surface area contributed by atoms with E-state index in [0.29, 0.717) is 56.9 Å². The molecule has 3 aliphatic rings. The first-order valence-corrected chi connectivity index (χ1v) is 14.0. The fourth-order valence-corrected chi connectivity index (χ4v) is 6.29. The number of methoxy groups -OCH3 is 1. The summed E-state index contributed by atoms with van der Waals surface area (Å²) in [4.78, 5) is 26.7. The van der Waals surface area contributed by atoms with Crippen LogP contribution in [0.3, 0.4) is 0 Å². The molecular formula is C28H37ClFN5O3. The van der Waals surface area contributed by atoms with Gasteiger partial charge in [0.1, 0.15) is 18.0 Å². The molecule has 2 aromatic rings. The Morgan fingerprint density at radius 2 is 1.95 bits per heavy atom. The van der Waals surface area contributed by atoms with E-state index < -0.39 is 17.8 Å². The summed E-state index contributed by atoms with van der Waals surface area (Å²) in [6.45, 7) is 4.88. The molecule has 1 saturated carbocycles. The van der Waals surface area contributed by atoms with Crippen LogP contribution in [0.5, 0.6) is 0 Å². The van der Waals surface area contributed by atoms with Crippen molar-refractivity contribution < 1.29 is 19.0 Å². The van der Waals surface area contributed by atoms with Crippen LogP contribution in [0.4, 0.5) is 10.2 Å². The number of hydrogen-bond acceptors (Lipinski definition) is 7. The zero-order valence-corrected chi connectivity index (χ0v) is 22.8. The van der Waals surface area contributed by atoms with Crippen molar-refractivity contribution in [2.24, 2.45) is 0 Å². The number of nitrogens with one attached hydrogen (secondary N) is 1. The summed E-state index contributed by atoms with van der Waals surface area (Å²) in [6.07, 6.45) is 5.88. The maximum Gasteiger partial charge on any atom is 0.231 e. The molecule has 0 radical (unpaired) electrons. The van der Waals surface area contributed by atoms with Crippen molar-refractivity contribution in [1.82, 2.24) is 20.2 Å². The molecule has 1 aromatic heterocycles. The summed E-state index contributed by atoms with van der Waals surface area (Å²) >= 11 is 5.94. The first-order valence-electron chi connectivity index (χ1n) is 13.6. The summed E-state index contributed by atoms with van der Waals surface area (Å²) in [7, 11) is 1.75. The fraction of sp³-hybridized carbons (Fsp3) is 0.607. The first-order chi connectivity index (χ1) is 18.4. The highest BCUT2D eigenvalue weighted by molar-refractivity contribution is 6.30. The summed E-state index contributed by atoms with van der Waals surface area (Å²) in [6, 6.07) is 4.98. The molecule has 38 heavy (non-hydrogen) atoms. The van der Waals surface area contributed by atoms with E-state index >= 15 is 0 Å². The van der Waals surface area contributed by atoms with Gasteiger partial charge in [-0.05, 0) is 55.7 Å². The second-order valence-electron chi connectivity index (χ2n) is 10.8. The minimum absolute atomic E-state index is 0.0128. The molecule has 5 rings (SSSR count). The Labute approximate surface area is 228 Å². The number of aliphatic hydroxyl groups excluding tert-OH is 1. The second kappa shape index (κ2) is 11.8. The summed E-state index contributed by atoms with van der Waals surface area (Å²) < 4.78 is 19.9. The average Bonchev–Trinajstić information content (AvgIpc) is 3.24. The van der Waals surface area contributed by atoms with Crippen LogP contribution in [0.1, 0.15) is 73.8 Å². The molecule has 1 unspecified atom stereocenters. The molecule has 1 saturated heterocycles. The van der Waals surface area contributed by atoms with Gasteiger partial charge in [-0.15, -0.1) is 0 Å². The van der Waals surface area contributed by atoms with Gasteiger partial charge >= 0.3 is 0 Å². The molecule has 2 fully saturated rings. The van der Waals surface area contributed by atoms with Crippen molar-refractivity contribution in [2.45, 2.75) is 69.1 Å². The van der Waals surface area contributed by atoms with Crippen LogP contribution in [0.25, 0.3) is 0 Å². The van der Waals surface area contributed by atoms with Gasteiger partial charge in [-0.2, -0.15) is 0 Å². The largest absolute Gasteiger partial charge is 0.387 e. The lowest BCUT2D eigenvalue weighted by Gasteiger charge is -2.38. The van der Waals surface area contributed by atoms with E-state index in [1.54, 1.807) is 13.2 Å². The van der Waals surface area contributed by atoms with E-state index in [-0.39, 0.29) is 16.8 Å². The zero-order chi connectivity index (χ0) is 26.8. The maximum absolute atomic E-state index is 14.4. The average molecular weight is 546 g/mol. The zero-order valence-electron chi connectivity index (χ0n) is 22.1. The Kier molecular flexibility index (Phi) is 8.47. The Balaban J connectivity index is 1.27. The molecule has 0 bridgehead atoms. The number of aliphatic hydroxyl groups is 1. The monoisotopic (exact) mass is 545 g/mol. The smallest absolute Gasteiger partial charge is 0.231 e. The summed E-state index contributed by atoms with van der Waals surface area (Å²) in [5.41, 5.74) is 2.37. The van der Waals surface area contributed by atoms with Crippen molar-refractivity contribution in [3.8, 4) is 0 Å². The molecule has 1 aliphatic heterocycles. The van der Waals surface area contributed by atoms with Gasteiger partial charge in [-0.1, -0.05) is 24.6 Å². The molecule has 2 N–H and O–H groups in total. The van der Waals surface area contributed by atoms with Crippen molar-refractivity contribution >= 4 is 23.3 Å². The highest BCUT2D eigenvalue weighted by Gasteiger charge is 2.35. The van der Waals surface area contributed by atoms with E-state index in [1.807, 2.05) is 4.90 Å². The van der Waals surface area contributed by atoms with Gasteiger partial charge in [-0.25, -0.2) is 14.4 Å². The van der Waals surface area contributed by atoms with Gasteiger partial charge in [0.25, 0.3) is 0 Å². The molecule has 8 nitrogen and oxygen atoms in total. The minimum Gasteiger partial charge on any atom is -0.387 e. The van der Waals surface area contributed by atoms with Crippen LogP contribution in [0.15, 0.2) is 24.5 Å². The Hall–Kier alpha value is -2.33. The molecule has 0 spiro atoms. The van der Waals surface area contributed by atoms with E-state index in [0.717, 1.165) is 42.8 Å². The third-order valence-electron chi connectivity index (χ3n) is 8.43. The third kappa shape index (κ3) is 5.66. The summed E-state index contributed by atoms with van der Waals surface area (Å²) in [5, 5.41) is 14.0. The molecule has 2 aliphatic carbocycles. The predicted octanol–water partition coefficient (Wildman–Crippen LogP) is 3.79. The van der Waals surface area contributed by atoms with Gasteiger partial charge in [0, 0.05) is 51.4 Å². The van der Waals surface area contributed by atoms with Gasteiger partial charge < -0.3 is 25.0 Å². The fourth-order valence-electron chi connectivity index (χ4n) is 6.18. The molecule has 10 heteroatoms. The molecule has 3 atom stereocenters. The van der Waals surface area contributed by atoms with Crippen LogP contribution in [-0.4, -0.2) is 77.9 Å². The molecule has 206 valence electrons. The Morgan fingerprint density at radius 3 is 2.63 bits per heavy atom. The summed E-state index contributed by atoms with van der Waals surface area (Å²) in [5.74, 6) is 0.00951. The quantitative estimate of drug-likeness (QED) is 0.547. The number of fused-ring (bicyclic) bond motifs is 1. The van der Waals surface area contributed by atoms with Crippen LogP contribution >= 0.6 is 11.6 Å². The van der Waals surface area contributed by atoms with Gasteiger partial charge in [0.2, 0.25) is 5.91 Å². The van der Waals surface area contributed by atoms with Crippen LogP contribution in [0, 0.1) is 5.82 Å². The van der Waals surface area contributed by atoms with E-state index in [1.165, 1.54) is 18.5 Å². The maximum atomic E-state index is 14.4. The number of amides is 1. The Morgan fingerprint density at radius 1 is 1.21 bits per heavy atom. The highest BCUT2D eigenvalue weighted by atomic mass is 35.5. The molecule has 1 aromatic carbocycles. The number of nitrogens with zero attached hydrogens (tertiary/aromatic N) is 4. The number of hydrogen-bond donors (Lipinski definition) is 2. The lowest BCUT2D eigenvalue weighted by atomic mass is 9.91. The number of carbonyl (C=O) groups is 1. The number of benzene rings is 1. The Bertz CT molecular complexity index is 1140. The normalized spacial score (nSPS) is 26.3. The van der Waals surface area contributed by atoms with Gasteiger partial charge in [-0.3, -0.25) is 4.79 Å². The molecule has 1 amide bonds. The van der Waals surface area contributed by atoms with Crippen molar-refractivity contribution in [1.29, 1.82) is 0 Å².